The zero-order valence-corrected chi connectivity index (χ0v) is 13.1. The predicted molar refractivity (Wildman–Crippen MR) is 88.5 cm³/mol. The van der Waals surface area contributed by atoms with Crippen LogP contribution in [0.2, 0.25) is 0 Å². The van der Waals surface area contributed by atoms with Crippen molar-refractivity contribution >= 4 is 11.6 Å². The van der Waals surface area contributed by atoms with Crippen LogP contribution in [0.15, 0.2) is 55.4 Å². The number of likely N-dealkylation sites (N-methyl/N-ethyl adjacent to an activating group) is 1. The Hall–Kier alpha value is -2.40. The van der Waals surface area contributed by atoms with Gasteiger partial charge in [0.15, 0.2) is 0 Å². The summed E-state index contributed by atoms with van der Waals surface area (Å²) in [4.78, 5) is 16.3. The van der Waals surface area contributed by atoms with Crippen LogP contribution in [0.1, 0.15) is 5.56 Å². The second-order valence-electron chi connectivity index (χ2n) is 5.32. The highest BCUT2D eigenvalue weighted by atomic mass is 16.2. The summed E-state index contributed by atoms with van der Waals surface area (Å²) in [5.41, 5.74) is 1.98. The van der Waals surface area contributed by atoms with Gasteiger partial charge in [0, 0.05) is 37.6 Å². The molecule has 0 radical (unpaired) electrons. The number of amides is 1. The fourth-order valence-corrected chi connectivity index (χ4v) is 2.33. The molecule has 0 saturated carbocycles. The molecule has 2 aromatic rings. The minimum Gasteiger partial charge on any atom is -0.308 e. The van der Waals surface area contributed by atoms with Crippen LogP contribution in [0.25, 0.3) is 0 Å². The largest absolute Gasteiger partial charge is 0.308 e. The summed E-state index contributed by atoms with van der Waals surface area (Å²) >= 11 is 0. The number of carbonyl (C=O) groups is 1. The van der Waals surface area contributed by atoms with Crippen LogP contribution < -0.4 is 4.90 Å². The summed E-state index contributed by atoms with van der Waals surface area (Å²) in [6.45, 7) is 5.28. The molecule has 0 spiro atoms. The van der Waals surface area contributed by atoms with E-state index in [1.54, 1.807) is 15.7 Å². The second kappa shape index (κ2) is 7.56. The first-order chi connectivity index (χ1) is 10.6. The van der Waals surface area contributed by atoms with Crippen molar-refractivity contribution in [1.29, 1.82) is 0 Å². The van der Waals surface area contributed by atoms with Crippen LogP contribution in [0, 0.1) is 0 Å². The zero-order valence-electron chi connectivity index (χ0n) is 13.1. The van der Waals surface area contributed by atoms with E-state index in [4.69, 9.17) is 0 Å². The first-order valence-corrected chi connectivity index (χ1v) is 7.22. The highest BCUT2D eigenvalue weighted by molar-refractivity contribution is 5.95. The lowest BCUT2D eigenvalue weighted by atomic mass is 10.2. The average molecular weight is 298 g/mol. The summed E-state index contributed by atoms with van der Waals surface area (Å²) < 4.78 is 1.76. The van der Waals surface area contributed by atoms with E-state index in [0.717, 1.165) is 11.3 Å². The van der Waals surface area contributed by atoms with E-state index < -0.39 is 0 Å². The lowest BCUT2D eigenvalue weighted by molar-refractivity contribution is -0.119. The average Bonchev–Trinajstić information content (AvgIpc) is 2.90. The SMILES string of the molecule is C=CCN(C(=O)CN(C)Cc1cnn(C)c1)c1ccccc1. The Kier molecular flexibility index (Phi) is 5.49. The van der Waals surface area contributed by atoms with Gasteiger partial charge in [-0.15, -0.1) is 6.58 Å². The smallest absolute Gasteiger partial charge is 0.241 e. The molecule has 0 fully saturated rings. The molecule has 0 aliphatic heterocycles. The van der Waals surface area contributed by atoms with Crippen molar-refractivity contribution in [2.24, 2.45) is 7.05 Å². The molecule has 0 bridgehead atoms. The van der Waals surface area contributed by atoms with Gasteiger partial charge in [-0.25, -0.2) is 0 Å². The van der Waals surface area contributed by atoms with Crippen LogP contribution in [-0.4, -0.2) is 40.7 Å². The number of nitrogens with zero attached hydrogens (tertiary/aromatic N) is 4. The Morgan fingerprint density at radius 2 is 2.09 bits per heavy atom. The molecule has 0 unspecified atom stereocenters. The summed E-state index contributed by atoms with van der Waals surface area (Å²) in [6, 6.07) is 9.66. The van der Waals surface area contributed by atoms with Crippen molar-refractivity contribution in [2.45, 2.75) is 6.54 Å². The van der Waals surface area contributed by atoms with Gasteiger partial charge < -0.3 is 4.90 Å². The number of hydrogen-bond acceptors (Lipinski definition) is 3. The molecule has 5 heteroatoms. The van der Waals surface area contributed by atoms with E-state index in [2.05, 4.69) is 11.7 Å². The molecular formula is C17H22N4O. The van der Waals surface area contributed by atoms with Crippen LogP contribution in [-0.2, 0) is 18.4 Å². The number of hydrogen-bond donors (Lipinski definition) is 0. The van der Waals surface area contributed by atoms with Crippen molar-refractivity contribution in [3.63, 3.8) is 0 Å². The van der Waals surface area contributed by atoms with Gasteiger partial charge >= 0.3 is 0 Å². The normalized spacial score (nSPS) is 10.7. The molecule has 0 saturated heterocycles. The maximum Gasteiger partial charge on any atom is 0.241 e. The highest BCUT2D eigenvalue weighted by Gasteiger charge is 2.16. The molecule has 5 nitrogen and oxygen atoms in total. The van der Waals surface area contributed by atoms with Gasteiger partial charge in [0.25, 0.3) is 0 Å². The fraction of sp³-hybridized carbons (Fsp3) is 0.294. The lowest BCUT2D eigenvalue weighted by Gasteiger charge is -2.24. The number of carbonyl (C=O) groups excluding carboxylic acids is 1. The van der Waals surface area contributed by atoms with E-state index in [9.17, 15) is 4.79 Å². The summed E-state index contributed by atoms with van der Waals surface area (Å²) in [7, 11) is 3.82. The predicted octanol–water partition coefficient (Wildman–Crippen LogP) is 2.07. The van der Waals surface area contributed by atoms with Crippen molar-refractivity contribution in [2.75, 3.05) is 25.0 Å². The molecule has 1 heterocycles. The maximum absolute atomic E-state index is 12.6. The summed E-state index contributed by atoms with van der Waals surface area (Å²) in [5.74, 6) is 0.0532. The van der Waals surface area contributed by atoms with Crippen LogP contribution in [0.5, 0.6) is 0 Å². The first-order valence-electron chi connectivity index (χ1n) is 7.22. The standard InChI is InChI=1S/C17H22N4O/c1-4-10-21(16-8-6-5-7-9-16)17(22)14-19(2)12-15-11-18-20(3)13-15/h4-9,11,13H,1,10,12,14H2,2-3H3. The fourth-order valence-electron chi connectivity index (χ4n) is 2.33. The van der Waals surface area contributed by atoms with Gasteiger partial charge in [-0.2, -0.15) is 5.10 Å². The van der Waals surface area contributed by atoms with Crippen LogP contribution in [0.3, 0.4) is 0 Å². The van der Waals surface area contributed by atoms with Gasteiger partial charge in [0.05, 0.1) is 12.7 Å². The minimum atomic E-state index is 0.0532. The third-order valence-corrected chi connectivity index (χ3v) is 3.30. The van der Waals surface area contributed by atoms with Gasteiger partial charge in [0.1, 0.15) is 0 Å². The van der Waals surface area contributed by atoms with Crippen LogP contribution in [0.4, 0.5) is 5.69 Å². The zero-order chi connectivity index (χ0) is 15.9. The highest BCUT2D eigenvalue weighted by Crippen LogP contribution is 2.14. The van der Waals surface area contributed by atoms with Crippen molar-refractivity contribution in [3.05, 3.63) is 60.9 Å². The van der Waals surface area contributed by atoms with E-state index in [-0.39, 0.29) is 5.91 Å². The minimum absolute atomic E-state index is 0.0532. The van der Waals surface area contributed by atoms with E-state index in [1.165, 1.54) is 0 Å². The van der Waals surface area contributed by atoms with E-state index >= 15 is 0 Å². The number of aryl methyl sites for hydroxylation is 1. The van der Waals surface area contributed by atoms with Crippen molar-refractivity contribution in [1.82, 2.24) is 14.7 Å². The van der Waals surface area contributed by atoms with Crippen molar-refractivity contribution < 1.29 is 4.79 Å². The summed E-state index contributed by atoms with van der Waals surface area (Å²) in [5, 5.41) is 4.14. The molecule has 22 heavy (non-hydrogen) atoms. The van der Waals surface area contributed by atoms with Crippen molar-refractivity contribution in [3.8, 4) is 0 Å². The molecule has 1 aromatic heterocycles. The first kappa shape index (κ1) is 16.0. The number of benzene rings is 1. The van der Waals surface area contributed by atoms with Gasteiger partial charge in [0.2, 0.25) is 5.91 Å². The lowest BCUT2D eigenvalue weighted by Crippen LogP contribution is -2.39. The molecule has 1 amide bonds. The quantitative estimate of drug-likeness (QED) is 0.735. The third-order valence-electron chi connectivity index (χ3n) is 3.30. The number of anilines is 1. The third kappa shape index (κ3) is 4.30. The number of aromatic nitrogens is 2. The molecule has 0 atom stereocenters. The Labute approximate surface area is 131 Å². The molecule has 2 rings (SSSR count). The van der Waals surface area contributed by atoms with Gasteiger partial charge in [-0.3, -0.25) is 14.4 Å². The van der Waals surface area contributed by atoms with Gasteiger partial charge in [-0.05, 0) is 19.2 Å². The molecule has 116 valence electrons. The molecule has 0 aliphatic rings. The number of rotatable bonds is 7. The maximum atomic E-state index is 12.6. The Morgan fingerprint density at radius 3 is 2.68 bits per heavy atom. The topological polar surface area (TPSA) is 41.4 Å². The Morgan fingerprint density at radius 1 is 1.36 bits per heavy atom. The van der Waals surface area contributed by atoms with E-state index in [0.29, 0.717) is 19.6 Å². The molecular weight excluding hydrogens is 276 g/mol. The second-order valence-corrected chi connectivity index (χ2v) is 5.32. The monoisotopic (exact) mass is 298 g/mol. The number of para-hydroxylation sites is 1. The molecule has 1 aromatic carbocycles. The van der Waals surface area contributed by atoms with E-state index in [1.807, 2.05) is 61.7 Å². The molecule has 0 aliphatic carbocycles. The van der Waals surface area contributed by atoms with Gasteiger partial charge in [-0.1, -0.05) is 24.3 Å². The molecule has 0 N–H and O–H groups in total. The Balaban J connectivity index is 2.00. The van der Waals surface area contributed by atoms with Crippen LogP contribution >= 0.6 is 0 Å². The summed E-state index contributed by atoms with van der Waals surface area (Å²) in [6.07, 6.45) is 5.52. The Bertz CT molecular complexity index is 621.